The molecule has 86 valence electrons. The summed E-state index contributed by atoms with van der Waals surface area (Å²) in [7, 11) is 2.03. The molecule has 0 saturated heterocycles. The van der Waals surface area contributed by atoms with Crippen LogP contribution in [0.3, 0.4) is 0 Å². The molecule has 0 amide bonds. The molecule has 0 aliphatic heterocycles. The number of aromatic nitrogens is 2. The standard InChI is InChI=1S/C10H20N4O/c1-5-6-14(4)7-8-12-9(13-15-8)10(2,3)11/h5-7,11H2,1-4H3. The molecule has 0 aromatic carbocycles. The third-order valence-electron chi connectivity index (χ3n) is 2.05. The average molecular weight is 212 g/mol. The van der Waals surface area contributed by atoms with Crippen LogP contribution in [0.2, 0.25) is 0 Å². The van der Waals surface area contributed by atoms with E-state index < -0.39 is 5.54 Å². The van der Waals surface area contributed by atoms with E-state index in [1.807, 2.05) is 20.9 Å². The van der Waals surface area contributed by atoms with Crippen LogP contribution >= 0.6 is 0 Å². The number of rotatable bonds is 5. The average Bonchev–Trinajstić information content (AvgIpc) is 2.52. The van der Waals surface area contributed by atoms with Crippen molar-refractivity contribution in [2.45, 2.75) is 39.3 Å². The second-order valence-electron chi connectivity index (χ2n) is 4.47. The van der Waals surface area contributed by atoms with Crippen molar-refractivity contribution in [2.24, 2.45) is 5.73 Å². The number of hydrogen-bond donors (Lipinski definition) is 1. The summed E-state index contributed by atoms with van der Waals surface area (Å²) in [5.41, 5.74) is 5.32. The van der Waals surface area contributed by atoms with Crippen molar-refractivity contribution in [3.8, 4) is 0 Å². The summed E-state index contributed by atoms with van der Waals surface area (Å²) < 4.78 is 5.13. The van der Waals surface area contributed by atoms with Crippen LogP contribution in [-0.2, 0) is 12.1 Å². The monoisotopic (exact) mass is 212 g/mol. The van der Waals surface area contributed by atoms with E-state index in [9.17, 15) is 0 Å². The topological polar surface area (TPSA) is 68.2 Å². The van der Waals surface area contributed by atoms with Crippen LogP contribution in [0.25, 0.3) is 0 Å². The summed E-state index contributed by atoms with van der Waals surface area (Å²) in [5.74, 6) is 1.18. The Morgan fingerprint density at radius 1 is 1.47 bits per heavy atom. The molecule has 0 spiro atoms. The molecule has 1 heterocycles. The van der Waals surface area contributed by atoms with Crippen LogP contribution < -0.4 is 5.73 Å². The summed E-state index contributed by atoms with van der Waals surface area (Å²) >= 11 is 0. The van der Waals surface area contributed by atoms with Gasteiger partial charge in [0.15, 0.2) is 5.82 Å². The van der Waals surface area contributed by atoms with Gasteiger partial charge in [-0.3, -0.25) is 4.90 Å². The lowest BCUT2D eigenvalue weighted by atomic mass is 10.1. The lowest BCUT2D eigenvalue weighted by Crippen LogP contribution is -2.30. The SMILES string of the molecule is CCCN(C)Cc1nc(C(C)(C)N)no1. The van der Waals surface area contributed by atoms with Gasteiger partial charge in [-0.1, -0.05) is 12.1 Å². The van der Waals surface area contributed by atoms with Gasteiger partial charge in [-0.2, -0.15) is 4.98 Å². The Hall–Kier alpha value is -0.940. The zero-order valence-electron chi connectivity index (χ0n) is 9.95. The largest absolute Gasteiger partial charge is 0.338 e. The molecule has 0 bridgehead atoms. The summed E-state index contributed by atoms with van der Waals surface area (Å²) in [6.07, 6.45) is 1.11. The summed E-state index contributed by atoms with van der Waals surface area (Å²) in [6, 6.07) is 0. The molecule has 15 heavy (non-hydrogen) atoms. The van der Waals surface area contributed by atoms with Gasteiger partial charge in [-0.15, -0.1) is 0 Å². The fraction of sp³-hybridized carbons (Fsp3) is 0.800. The summed E-state index contributed by atoms with van der Waals surface area (Å²) in [5, 5.41) is 3.86. The molecule has 1 rings (SSSR count). The van der Waals surface area contributed by atoms with Crippen molar-refractivity contribution in [3.63, 3.8) is 0 Å². The first-order chi connectivity index (χ1) is 6.93. The highest BCUT2D eigenvalue weighted by molar-refractivity contribution is 4.98. The van der Waals surface area contributed by atoms with Crippen molar-refractivity contribution < 1.29 is 4.52 Å². The zero-order valence-corrected chi connectivity index (χ0v) is 9.95. The van der Waals surface area contributed by atoms with Crippen molar-refractivity contribution >= 4 is 0 Å². The highest BCUT2D eigenvalue weighted by Crippen LogP contribution is 2.13. The van der Waals surface area contributed by atoms with Crippen LogP contribution in [-0.4, -0.2) is 28.6 Å². The van der Waals surface area contributed by atoms with Gasteiger partial charge in [0.1, 0.15) is 0 Å². The first-order valence-corrected chi connectivity index (χ1v) is 5.24. The van der Waals surface area contributed by atoms with E-state index >= 15 is 0 Å². The van der Waals surface area contributed by atoms with Gasteiger partial charge >= 0.3 is 0 Å². The van der Waals surface area contributed by atoms with Crippen molar-refractivity contribution in [1.82, 2.24) is 15.0 Å². The smallest absolute Gasteiger partial charge is 0.240 e. The van der Waals surface area contributed by atoms with E-state index in [4.69, 9.17) is 10.3 Å². The fourth-order valence-electron chi connectivity index (χ4n) is 1.27. The van der Waals surface area contributed by atoms with E-state index in [1.54, 1.807) is 0 Å². The fourth-order valence-corrected chi connectivity index (χ4v) is 1.27. The Labute approximate surface area is 90.6 Å². The quantitative estimate of drug-likeness (QED) is 0.791. The molecular weight excluding hydrogens is 192 g/mol. The third-order valence-corrected chi connectivity index (χ3v) is 2.05. The van der Waals surface area contributed by atoms with Gasteiger partial charge in [0.05, 0.1) is 12.1 Å². The maximum absolute atomic E-state index is 5.86. The van der Waals surface area contributed by atoms with Gasteiger partial charge < -0.3 is 10.3 Å². The van der Waals surface area contributed by atoms with Crippen molar-refractivity contribution in [3.05, 3.63) is 11.7 Å². The van der Waals surface area contributed by atoms with Gasteiger partial charge in [-0.25, -0.2) is 0 Å². The minimum atomic E-state index is -0.537. The van der Waals surface area contributed by atoms with Crippen LogP contribution in [0.5, 0.6) is 0 Å². The Morgan fingerprint density at radius 2 is 2.13 bits per heavy atom. The second kappa shape index (κ2) is 4.72. The van der Waals surface area contributed by atoms with E-state index in [0.717, 1.165) is 13.0 Å². The predicted molar refractivity (Wildman–Crippen MR) is 58.1 cm³/mol. The van der Waals surface area contributed by atoms with Crippen LogP contribution in [0.1, 0.15) is 38.9 Å². The molecule has 5 heteroatoms. The number of nitrogens with two attached hydrogens (primary N) is 1. The molecule has 0 saturated carbocycles. The Kier molecular flexibility index (Phi) is 3.82. The number of hydrogen-bond acceptors (Lipinski definition) is 5. The van der Waals surface area contributed by atoms with Crippen LogP contribution in [0.15, 0.2) is 4.52 Å². The molecular formula is C10H20N4O. The van der Waals surface area contributed by atoms with E-state index in [0.29, 0.717) is 18.3 Å². The molecule has 1 aromatic rings. The first-order valence-electron chi connectivity index (χ1n) is 5.24. The predicted octanol–water partition coefficient (Wildman–Crippen LogP) is 1.11. The highest BCUT2D eigenvalue weighted by Gasteiger charge is 2.21. The first kappa shape index (κ1) is 12.1. The lowest BCUT2D eigenvalue weighted by Gasteiger charge is -2.12. The van der Waals surface area contributed by atoms with E-state index in [-0.39, 0.29) is 0 Å². The van der Waals surface area contributed by atoms with Gasteiger partial charge in [0, 0.05) is 0 Å². The summed E-state index contributed by atoms with van der Waals surface area (Å²) in [6.45, 7) is 7.55. The molecule has 0 fully saturated rings. The number of nitrogens with zero attached hydrogens (tertiary/aromatic N) is 3. The minimum absolute atomic E-state index is 0.537. The molecule has 1 aromatic heterocycles. The van der Waals surface area contributed by atoms with Crippen molar-refractivity contribution in [1.29, 1.82) is 0 Å². The van der Waals surface area contributed by atoms with Gasteiger partial charge in [0.2, 0.25) is 5.89 Å². The maximum Gasteiger partial charge on any atom is 0.240 e. The molecule has 0 radical (unpaired) electrons. The molecule has 0 unspecified atom stereocenters. The van der Waals surface area contributed by atoms with Crippen LogP contribution in [0.4, 0.5) is 0 Å². The van der Waals surface area contributed by atoms with Crippen LogP contribution in [0, 0.1) is 0 Å². The molecule has 5 nitrogen and oxygen atoms in total. The maximum atomic E-state index is 5.86. The van der Waals surface area contributed by atoms with Crippen molar-refractivity contribution in [2.75, 3.05) is 13.6 Å². The Morgan fingerprint density at radius 3 is 2.60 bits per heavy atom. The third kappa shape index (κ3) is 3.60. The normalized spacial score (nSPS) is 12.4. The molecule has 0 aliphatic rings. The van der Waals surface area contributed by atoms with Gasteiger partial charge in [0.25, 0.3) is 0 Å². The second-order valence-corrected chi connectivity index (χ2v) is 4.47. The lowest BCUT2D eigenvalue weighted by molar-refractivity contribution is 0.265. The summed E-state index contributed by atoms with van der Waals surface area (Å²) in [4.78, 5) is 6.40. The Balaban J connectivity index is 2.61. The molecule has 0 aliphatic carbocycles. The highest BCUT2D eigenvalue weighted by atomic mass is 16.5. The van der Waals surface area contributed by atoms with E-state index in [1.165, 1.54) is 0 Å². The molecule has 0 atom stereocenters. The molecule has 2 N–H and O–H groups in total. The minimum Gasteiger partial charge on any atom is -0.338 e. The Bertz CT molecular complexity index is 303. The zero-order chi connectivity index (χ0) is 11.5. The van der Waals surface area contributed by atoms with E-state index in [2.05, 4.69) is 22.0 Å². The van der Waals surface area contributed by atoms with Gasteiger partial charge in [-0.05, 0) is 33.9 Å².